The van der Waals surface area contributed by atoms with Gasteiger partial charge in [-0.1, -0.05) is 19.3 Å². The van der Waals surface area contributed by atoms with E-state index in [0.29, 0.717) is 25.6 Å². The fourth-order valence-corrected chi connectivity index (χ4v) is 6.07. The lowest BCUT2D eigenvalue weighted by molar-refractivity contribution is -0.147. The van der Waals surface area contributed by atoms with Crippen molar-refractivity contribution in [1.82, 2.24) is 9.80 Å². The molecule has 152 valence electrons. The van der Waals surface area contributed by atoms with Gasteiger partial charge in [0.15, 0.2) is 0 Å². The van der Waals surface area contributed by atoms with Crippen LogP contribution in [0.5, 0.6) is 0 Å². The van der Waals surface area contributed by atoms with E-state index in [9.17, 15) is 14.4 Å². The van der Waals surface area contributed by atoms with Crippen LogP contribution in [0.15, 0.2) is 0 Å². The third-order valence-corrected chi connectivity index (χ3v) is 7.70. The highest BCUT2D eigenvalue weighted by Crippen LogP contribution is 2.45. The fourth-order valence-electron chi connectivity index (χ4n) is 4.61. The van der Waals surface area contributed by atoms with Crippen molar-refractivity contribution in [2.75, 3.05) is 32.0 Å². The molecule has 1 aliphatic carbocycles. The Morgan fingerprint density at radius 1 is 1.04 bits per heavy atom. The Kier molecular flexibility index (Phi) is 7.06. The van der Waals surface area contributed by atoms with Crippen LogP contribution in [0, 0.1) is 5.92 Å². The predicted molar refractivity (Wildman–Crippen MR) is 105 cm³/mol. The first kappa shape index (κ1) is 20.5. The van der Waals surface area contributed by atoms with E-state index < -0.39 is 0 Å². The molecule has 2 aliphatic heterocycles. The quantitative estimate of drug-likeness (QED) is 0.669. The Balaban J connectivity index is 1.52. The van der Waals surface area contributed by atoms with E-state index in [4.69, 9.17) is 4.74 Å². The minimum atomic E-state index is -0.310. The molecular formula is C20H32N2O4S. The number of nitrogens with zero attached hydrogens (tertiary/aromatic N) is 2. The van der Waals surface area contributed by atoms with Crippen LogP contribution in [0.1, 0.15) is 64.7 Å². The summed E-state index contributed by atoms with van der Waals surface area (Å²) in [6, 6.07) is 0. The van der Waals surface area contributed by atoms with Crippen molar-refractivity contribution in [2.45, 2.75) is 69.6 Å². The molecule has 3 fully saturated rings. The fraction of sp³-hybridized carbons (Fsp3) is 0.850. The minimum Gasteiger partial charge on any atom is -0.466 e. The summed E-state index contributed by atoms with van der Waals surface area (Å²) >= 11 is 1.90. The first-order chi connectivity index (χ1) is 13.1. The molecule has 0 unspecified atom stereocenters. The molecule has 0 aromatic carbocycles. The number of esters is 1. The molecule has 1 saturated carbocycles. The molecule has 27 heavy (non-hydrogen) atoms. The number of likely N-dealkylation sites (tertiary alicyclic amines) is 1. The average Bonchev–Trinajstić information content (AvgIpc) is 3.10. The Morgan fingerprint density at radius 3 is 2.41 bits per heavy atom. The van der Waals surface area contributed by atoms with Gasteiger partial charge in [-0.15, -0.1) is 11.8 Å². The summed E-state index contributed by atoms with van der Waals surface area (Å²) in [7, 11) is 0. The molecule has 0 aromatic heterocycles. The lowest BCUT2D eigenvalue weighted by Crippen LogP contribution is -2.55. The number of hydrogen-bond acceptors (Lipinski definition) is 5. The number of carbonyl (C=O) groups is 3. The standard InChI is InChI=1S/C20H32N2O4S/c1-2-26-18(24)9-8-17(23)21-12-10-20(11-13-21)22(14-15-27-20)19(25)16-6-4-3-5-7-16/h16H,2-15H2,1H3. The smallest absolute Gasteiger partial charge is 0.306 e. The number of rotatable bonds is 5. The van der Waals surface area contributed by atoms with Gasteiger partial charge in [-0.25, -0.2) is 0 Å². The van der Waals surface area contributed by atoms with E-state index in [1.165, 1.54) is 19.3 Å². The third kappa shape index (κ3) is 4.79. The average molecular weight is 397 g/mol. The van der Waals surface area contributed by atoms with Crippen LogP contribution in [0.25, 0.3) is 0 Å². The van der Waals surface area contributed by atoms with Gasteiger partial charge in [-0.05, 0) is 32.6 Å². The van der Waals surface area contributed by atoms with Crippen LogP contribution in [-0.4, -0.2) is 64.4 Å². The van der Waals surface area contributed by atoms with Crippen LogP contribution in [-0.2, 0) is 19.1 Å². The van der Waals surface area contributed by atoms with Gasteiger partial charge in [0, 0.05) is 37.7 Å². The number of thioether (sulfide) groups is 1. The van der Waals surface area contributed by atoms with Crippen LogP contribution in [0.3, 0.4) is 0 Å². The van der Waals surface area contributed by atoms with Crippen LogP contribution >= 0.6 is 11.8 Å². The van der Waals surface area contributed by atoms with Crippen LogP contribution in [0.2, 0.25) is 0 Å². The molecule has 3 aliphatic rings. The van der Waals surface area contributed by atoms with Crippen molar-refractivity contribution in [3.05, 3.63) is 0 Å². The summed E-state index contributed by atoms with van der Waals surface area (Å²) in [6.07, 6.45) is 7.71. The molecule has 7 heteroatoms. The monoisotopic (exact) mass is 396 g/mol. The summed E-state index contributed by atoms with van der Waals surface area (Å²) < 4.78 is 4.90. The van der Waals surface area contributed by atoms with Gasteiger partial charge in [-0.3, -0.25) is 14.4 Å². The second-order valence-electron chi connectivity index (χ2n) is 7.81. The molecule has 2 heterocycles. The van der Waals surface area contributed by atoms with Gasteiger partial charge in [-0.2, -0.15) is 0 Å². The van der Waals surface area contributed by atoms with E-state index in [-0.39, 0.29) is 35.5 Å². The largest absolute Gasteiger partial charge is 0.466 e. The maximum atomic E-state index is 13.1. The van der Waals surface area contributed by atoms with Gasteiger partial charge in [0.25, 0.3) is 0 Å². The van der Waals surface area contributed by atoms with Crippen LogP contribution in [0.4, 0.5) is 0 Å². The maximum absolute atomic E-state index is 13.1. The first-order valence-corrected chi connectivity index (χ1v) is 11.4. The maximum Gasteiger partial charge on any atom is 0.306 e. The summed E-state index contributed by atoms with van der Waals surface area (Å²) in [4.78, 5) is 40.9. The zero-order chi connectivity index (χ0) is 19.3. The molecule has 2 amide bonds. The Labute approximate surface area is 166 Å². The number of piperidine rings is 1. The van der Waals surface area contributed by atoms with Gasteiger partial charge in [0.05, 0.1) is 17.9 Å². The number of amides is 2. The Morgan fingerprint density at radius 2 is 1.74 bits per heavy atom. The second-order valence-corrected chi connectivity index (χ2v) is 9.26. The zero-order valence-corrected chi connectivity index (χ0v) is 17.2. The summed E-state index contributed by atoms with van der Waals surface area (Å²) in [5.41, 5.74) is 0. The van der Waals surface area contributed by atoms with E-state index in [1.54, 1.807) is 6.92 Å². The molecule has 2 saturated heterocycles. The Bertz CT molecular complexity index is 554. The molecule has 0 N–H and O–H groups in total. The molecule has 0 radical (unpaired) electrons. The summed E-state index contributed by atoms with van der Waals surface area (Å²) in [5.74, 6) is 1.26. The normalized spacial score (nSPS) is 22.9. The molecular weight excluding hydrogens is 364 g/mol. The van der Waals surface area contributed by atoms with Gasteiger partial charge >= 0.3 is 5.97 Å². The number of carbonyl (C=O) groups excluding carboxylic acids is 3. The van der Waals surface area contributed by atoms with Gasteiger partial charge < -0.3 is 14.5 Å². The predicted octanol–water partition coefficient (Wildman–Crippen LogP) is 2.80. The van der Waals surface area contributed by atoms with Crippen molar-refractivity contribution in [1.29, 1.82) is 0 Å². The second kappa shape index (κ2) is 9.30. The van der Waals surface area contributed by atoms with E-state index in [0.717, 1.165) is 38.0 Å². The molecule has 3 rings (SSSR count). The minimum absolute atomic E-state index is 0.0195. The van der Waals surface area contributed by atoms with Crippen LogP contribution < -0.4 is 0 Å². The first-order valence-electron chi connectivity index (χ1n) is 10.4. The SMILES string of the molecule is CCOC(=O)CCC(=O)N1CCC2(CC1)SCCN2C(=O)C1CCCCC1. The molecule has 0 atom stereocenters. The molecule has 0 aromatic rings. The Hall–Kier alpha value is -1.24. The van der Waals surface area contributed by atoms with Crippen molar-refractivity contribution in [3.63, 3.8) is 0 Å². The van der Waals surface area contributed by atoms with Gasteiger partial charge in [0.1, 0.15) is 0 Å². The van der Waals surface area contributed by atoms with E-state index in [1.807, 2.05) is 16.7 Å². The van der Waals surface area contributed by atoms with Crippen molar-refractivity contribution >= 4 is 29.5 Å². The summed E-state index contributed by atoms with van der Waals surface area (Å²) in [5, 5.41) is 0. The highest BCUT2D eigenvalue weighted by molar-refractivity contribution is 8.00. The van der Waals surface area contributed by atoms with Crippen molar-refractivity contribution < 1.29 is 19.1 Å². The number of hydrogen-bond donors (Lipinski definition) is 0. The van der Waals surface area contributed by atoms with Gasteiger partial charge in [0.2, 0.25) is 11.8 Å². The molecule has 1 spiro atoms. The lowest BCUT2D eigenvalue weighted by Gasteiger charge is -2.45. The van der Waals surface area contributed by atoms with Crippen molar-refractivity contribution in [3.8, 4) is 0 Å². The highest BCUT2D eigenvalue weighted by Gasteiger charge is 2.48. The van der Waals surface area contributed by atoms with E-state index >= 15 is 0 Å². The molecule has 6 nitrogen and oxygen atoms in total. The summed E-state index contributed by atoms with van der Waals surface area (Å²) in [6.45, 7) is 4.30. The number of ether oxygens (including phenoxy) is 1. The highest BCUT2D eigenvalue weighted by atomic mass is 32.2. The lowest BCUT2D eigenvalue weighted by atomic mass is 9.87. The zero-order valence-electron chi connectivity index (χ0n) is 16.4. The third-order valence-electron chi connectivity index (χ3n) is 6.14. The van der Waals surface area contributed by atoms with E-state index in [2.05, 4.69) is 4.90 Å². The molecule has 0 bridgehead atoms. The van der Waals surface area contributed by atoms with Crippen molar-refractivity contribution in [2.24, 2.45) is 5.92 Å². The topological polar surface area (TPSA) is 66.9 Å².